The van der Waals surface area contributed by atoms with Gasteiger partial charge in [-0.2, -0.15) is 0 Å². The number of nitrogens with zero attached hydrogens (tertiary/aromatic N) is 2. The van der Waals surface area contributed by atoms with Gasteiger partial charge in [0.15, 0.2) is 5.78 Å². The average Bonchev–Trinajstić information content (AvgIpc) is 2.63. The van der Waals surface area contributed by atoms with Crippen molar-refractivity contribution >= 4 is 12.0 Å². The van der Waals surface area contributed by atoms with E-state index in [2.05, 4.69) is 9.56 Å². The fraction of sp³-hybridized carbons (Fsp3) is 0.250. The van der Waals surface area contributed by atoms with Crippen LogP contribution in [-0.4, -0.2) is 23.6 Å². The summed E-state index contributed by atoms with van der Waals surface area (Å²) >= 11 is 0. The van der Waals surface area contributed by atoms with Gasteiger partial charge in [-0.05, 0) is 32.9 Å². The molecular weight excluding hydrogens is 236 g/mol. The van der Waals surface area contributed by atoms with Gasteiger partial charge in [0.2, 0.25) is 0 Å². The molecule has 0 saturated heterocycles. The second-order valence-electron chi connectivity index (χ2n) is 4.57. The van der Waals surface area contributed by atoms with Crippen LogP contribution < -0.4 is 0 Å². The Morgan fingerprint density at radius 2 is 1.79 bits per heavy atom. The number of carbonyl (C=O) groups excluding carboxylic acids is 1. The summed E-state index contributed by atoms with van der Waals surface area (Å²) in [6, 6.07) is 10.1. The van der Waals surface area contributed by atoms with Crippen LogP contribution >= 0.6 is 0 Å². The van der Waals surface area contributed by atoms with Gasteiger partial charge in [-0.1, -0.05) is 18.2 Å². The lowest BCUT2D eigenvalue weighted by molar-refractivity contribution is 0.101. The average molecular weight is 254 g/mol. The Balaban J connectivity index is 2.77. The van der Waals surface area contributed by atoms with Crippen molar-refractivity contribution in [2.24, 2.45) is 4.99 Å². The first kappa shape index (κ1) is 13.3. The fourth-order valence-electron chi connectivity index (χ4n) is 2.56. The molecule has 0 aliphatic heterocycles. The van der Waals surface area contributed by atoms with Gasteiger partial charge in [0.1, 0.15) is 0 Å². The van der Waals surface area contributed by atoms with Crippen LogP contribution in [-0.2, 0) is 0 Å². The third-order valence-electron chi connectivity index (χ3n) is 3.32. The molecule has 0 amide bonds. The van der Waals surface area contributed by atoms with E-state index in [1.54, 1.807) is 20.2 Å². The van der Waals surface area contributed by atoms with Gasteiger partial charge in [-0.25, -0.2) is 0 Å². The van der Waals surface area contributed by atoms with Crippen LogP contribution in [0.1, 0.15) is 34.2 Å². The van der Waals surface area contributed by atoms with Crippen LogP contribution in [0.25, 0.3) is 5.69 Å². The maximum Gasteiger partial charge on any atom is 0.162 e. The molecule has 1 aromatic carbocycles. The summed E-state index contributed by atoms with van der Waals surface area (Å²) < 4.78 is 2.10. The zero-order valence-corrected chi connectivity index (χ0v) is 11.8. The molecule has 0 aliphatic carbocycles. The molecule has 0 unspecified atom stereocenters. The van der Waals surface area contributed by atoms with Crippen LogP contribution in [0.2, 0.25) is 0 Å². The third kappa shape index (κ3) is 2.24. The SMILES string of the molecule is CN=Cc1c(C(C)=O)c(C)n(-c2ccccc2)c1C. The minimum absolute atomic E-state index is 0.0742. The quantitative estimate of drug-likeness (QED) is 0.611. The van der Waals surface area contributed by atoms with Crippen molar-refractivity contribution < 1.29 is 4.79 Å². The lowest BCUT2D eigenvalue weighted by Crippen LogP contribution is -2.00. The van der Waals surface area contributed by atoms with Crippen LogP contribution in [0.3, 0.4) is 0 Å². The molecule has 3 nitrogen and oxygen atoms in total. The number of Topliss-reactive ketones (excluding diaryl/α,β-unsaturated/α-hetero) is 1. The maximum atomic E-state index is 11.9. The van der Waals surface area contributed by atoms with E-state index in [0.717, 1.165) is 28.2 Å². The Kier molecular flexibility index (Phi) is 3.65. The van der Waals surface area contributed by atoms with E-state index in [1.807, 2.05) is 44.2 Å². The molecule has 98 valence electrons. The number of hydrogen-bond donors (Lipinski definition) is 0. The second kappa shape index (κ2) is 5.22. The van der Waals surface area contributed by atoms with Crippen molar-refractivity contribution in [3.05, 3.63) is 52.8 Å². The molecule has 0 aliphatic rings. The van der Waals surface area contributed by atoms with Gasteiger partial charge in [0.05, 0.1) is 0 Å². The highest BCUT2D eigenvalue weighted by Crippen LogP contribution is 2.25. The number of benzene rings is 1. The number of carbonyl (C=O) groups is 1. The summed E-state index contributed by atoms with van der Waals surface area (Å²) in [5, 5.41) is 0. The van der Waals surface area contributed by atoms with Crippen LogP contribution in [0, 0.1) is 13.8 Å². The van der Waals surface area contributed by atoms with E-state index in [0.29, 0.717) is 0 Å². The molecule has 0 radical (unpaired) electrons. The summed E-state index contributed by atoms with van der Waals surface area (Å²) in [6.07, 6.45) is 1.76. The molecule has 1 aromatic heterocycles. The predicted octanol–water partition coefficient (Wildman–Crippen LogP) is 3.35. The Morgan fingerprint density at radius 3 is 2.32 bits per heavy atom. The minimum atomic E-state index is 0.0742. The number of ketones is 1. The molecule has 19 heavy (non-hydrogen) atoms. The third-order valence-corrected chi connectivity index (χ3v) is 3.32. The van der Waals surface area contributed by atoms with E-state index in [4.69, 9.17) is 0 Å². The molecule has 0 spiro atoms. The number of rotatable bonds is 3. The first-order valence-corrected chi connectivity index (χ1v) is 6.28. The molecule has 3 heteroatoms. The summed E-state index contributed by atoms with van der Waals surface area (Å²) in [5.41, 5.74) is 4.74. The molecule has 0 bridgehead atoms. The lowest BCUT2D eigenvalue weighted by Gasteiger charge is -2.09. The van der Waals surface area contributed by atoms with Gasteiger partial charge in [-0.15, -0.1) is 0 Å². The monoisotopic (exact) mass is 254 g/mol. The molecule has 0 N–H and O–H groups in total. The van der Waals surface area contributed by atoms with Crippen molar-refractivity contribution in [2.45, 2.75) is 20.8 Å². The van der Waals surface area contributed by atoms with Crippen molar-refractivity contribution in [1.29, 1.82) is 0 Å². The standard InChI is InChI=1S/C16H18N2O/c1-11-15(10-17-4)16(13(3)19)12(2)18(11)14-8-6-5-7-9-14/h5-10H,1-4H3. The van der Waals surface area contributed by atoms with Crippen molar-refractivity contribution in [2.75, 3.05) is 7.05 Å². The Hall–Kier alpha value is -2.16. The highest BCUT2D eigenvalue weighted by Gasteiger charge is 2.19. The largest absolute Gasteiger partial charge is 0.317 e. The number of aromatic nitrogens is 1. The van der Waals surface area contributed by atoms with Crippen molar-refractivity contribution in [3.8, 4) is 5.69 Å². The van der Waals surface area contributed by atoms with Gasteiger partial charge in [-0.3, -0.25) is 9.79 Å². The van der Waals surface area contributed by atoms with Crippen molar-refractivity contribution in [3.63, 3.8) is 0 Å². The first-order valence-electron chi connectivity index (χ1n) is 6.28. The summed E-state index contributed by atoms with van der Waals surface area (Å²) in [5.74, 6) is 0.0742. The highest BCUT2D eigenvalue weighted by molar-refractivity contribution is 6.04. The smallest absolute Gasteiger partial charge is 0.162 e. The Bertz CT molecular complexity index is 637. The molecule has 0 atom stereocenters. The Labute approximate surface area is 113 Å². The predicted molar refractivity (Wildman–Crippen MR) is 78.8 cm³/mol. The molecule has 2 rings (SSSR count). The zero-order valence-electron chi connectivity index (χ0n) is 11.8. The highest BCUT2D eigenvalue weighted by atomic mass is 16.1. The van der Waals surface area contributed by atoms with Gasteiger partial charge < -0.3 is 4.57 Å². The van der Waals surface area contributed by atoms with E-state index in [-0.39, 0.29) is 5.78 Å². The minimum Gasteiger partial charge on any atom is -0.317 e. The molecule has 2 aromatic rings. The van der Waals surface area contributed by atoms with E-state index in [9.17, 15) is 4.79 Å². The summed E-state index contributed by atoms with van der Waals surface area (Å²) in [7, 11) is 1.72. The second-order valence-corrected chi connectivity index (χ2v) is 4.57. The van der Waals surface area contributed by atoms with Crippen LogP contribution in [0.5, 0.6) is 0 Å². The van der Waals surface area contributed by atoms with Crippen LogP contribution in [0.4, 0.5) is 0 Å². The molecule has 1 heterocycles. The topological polar surface area (TPSA) is 34.4 Å². The first-order chi connectivity index (χ1) is 9.07. The normalized spacial score (nSPS) is 11.2. The zero-order chi connectivity index (χ0) is 14.0. The molecule has 0 saturated carbocycles. The van der Waals surface area contributed by atoms with Gasteiger partial charge in [0.25, 0.3) is 0 Å². The lowest BCUT2D eigenvalue weighted by atomic mass is 10.1. The number of hydrogen-bond acceptors (Lipinski definition) is 2. The van der Waals surface area contributed by atoms with E-state index in [1.165, 1.54) is 0 Å². The van der Waals surface area contributed by atoms with E-state index >= 15 is 0 Å². The summed E-state index contributed by atoms with van der Waals surface area (Å²) in [4.78, 5) is 16.0. The number of para-hydroxylation sites is 1. The maximum absolute atomic E-state index is 11.9. The van der Waals surface area contributed by atoms with Gasteiger partial charge >= 0.3 is 0 Å². The molecule has 0 fully saturated rings. The van der Waals surface area contributed by atoms with Gasteiger partial charge in [0, 0.05) is 41.5 Å². The summed E-state index contributed by atoms with van der Waals surface area (Å²) in [6.45, 7) is 5.59. The molecular formula is C16H18N2O. The fourth-order valence-corrected chi connectivity index (χ4v) is 2.56. The van der Waals surface area contributed by atoms with Crippen molar-refractivity contribution in [1.82, 2.24) is 4.57 Å². The number of aliphatic imine (C=N–C) groups is 1. The van der Waals surface area contributed by atoms with E-state index < -0.39 is 0 Å². The van der Waals surface area contributed by atoms with Crippen LogP contribution in [0.15, 0.2) is 35.3 Å². The Morgan fingerprint density at radius 1 is 1.16 bits per heavy atom.